The van der Waals surface area contributed by atoms with Crippen molar-refractivity contribution in [1.29, 1.82) is 0 Å². The van der Waals surface area contributed by atoms with E-state index in [0.29, 0.717) is 5.92 Å². The van der Waals surface area contributed by atoms with Gasteiger partial charge in [-0.2, -0.15) is 0 Å². The number of para-hydroxylation sites is 1. The first-order valence-electron chi connectivity index (χ1n) is 21.2. The SMILES string of the molecule is Cc1ccc(N(C2=CC=C(c3ccccc3)C(C)C2)C2=CC=CC3C2c2ccccc2N3c2ccc(N(c3ccc(C)cc3)c3ccc(-c4ccccc4)cc3)cc2)cc1. The Labute approximate surface area is 355 Å². The Bertz CT molecular complexity index is 2740. The minimum atomic E-state index is 0.108. The van der Waals surface area contributed by atoms with Gasteiger partial charge in [-0.1, -0.05) is 152 Å². The molecule has 1 aliphatic heterocycles. The van der Waals surface area contributed by atoms with E-state index in [4.69, 9.17) is 0 Å². The highest BCUT2D eigenvalue weighted by Gasteiger charge is 2.43. The van der Waals surface area contributed by atoms with Gasteiger partial charge in [0.1, 0.15) is 0 Å². The van der Waals surface area contributed by atoms with Crippen LogP contribution in [-0.2, 0) is 0 Å². The fraction of sp³-hybridized carbons (Fsp3) is 0.123. The minimum Gasteiger partial charge on any atom is -0.333 e. The molecule has 0 amide bonds. The number of benzene rings is 7. The minimum absolute atomic E-state index is 0.108. The summed E-state index contributed by atoms with van der Waals surface area (Å²) in [5.41, 5.74) is 18.6. The summed E-state index contributed by atoms with van der Waals surface area (Å²) in [5.74, 6) is 0.512. The Morgan fingerprint density at radius 2 is 1.00 bits per heavy atom. The van der Waals surface area contributed by atoms with E-state index >= 15 is 0 Å². The number of aryl methyl sites for hydroxylation is 2. The number of fused-ring (bicyclic) bond motifs is 3. The molecule has 7 aromatic carbocycles. The molecular formula is C57H49N3. The van der Waals surface area contributed by atoms with Gasteiger partial charge in [-0.25, -0.2) is 0 Å². The predicted octanol–water partition coefficient (Wildman–Crippen LogP) is 15.0. The van der Waals surface area contributed by atoms with E-state index in [1.54, 1.807) is 0 Å². The van der Waals surface area contributed by atoms with Crippen LogP contribution in [0.3, 0.4) is 0 Å². The first kappa shape index (κ1) is 37.2. The fourth-order valence-corrected chi connectivity index (χ4v) is 9.42. The quantitative estimate of drug-likeness (QED) is 0.145. The molecule has 292 valence electrons. The average Bonchev–Trinajstić information content (AvgIpc) is 3.64. The number of nitrogens with zero attached hydrogens (tertiary/aromatic N) is 3. The summed E-state index contributed by atoms with van der Waals surface area (Å²) < 4.78 is 0. The molecule has 0 aromatic heterocycles. The highest BCUT2D eigenvalue weighted by atomic mass is 15.2. The summed E-state index contributed by atoms with van der Waals surface area (Å²) in [7, 11) is 0. The van der Waals surface area contributed by atoms with Crippen molar-refractivity contribution < 1.29 is 0 Å². The van der Waals surface area contributed by atoms with Gasteiger partial charge < -0.3 is 14.7 Å². The van der Waals surface area contributed by atoms with E-state index in [1.807, 2.05) is 0 Å². The van der Waals surface area contributed by atoms with Crippen molar-refractivity contribution in [1.82, 2.24) is 0 Å². The lowest BCUT2D eigenvalue weighted by Crippen LogP contribution is -2.36. The molecule has 0 N–H and O–H groups in total. The van der Waals surface area contributed by atoms with E-state index in [9.17, 15) is 0 Å². The topological polar surface area (TPSA) is 9.72 Å². The highest BCUT2D eigenvalue weighted by molar-refractivity contribution is 5.82. The van der Waals surface area contributed by atoms with Gasteiger partial charge in [0, 0.05) is 45.5 Å². The van der Waals surface area contributed by atoms with E-state index < -0.39 is 0 Å². The van der Waals surface area contributed by atoms with Crippen LogP contribution in [0.1, 0.15) is 41.5 Å². The van der Waals surface area contributed by atoms with Crippen LogP contribution >= 0.6 is 0 Å². The van der Waals surface area contributed by atoms with Crippen LogP contribution in [0.2, 0.25) is 0 Å². The molecule has 3 nitrogen and oxygen atoms in total. The predicted molar refractivity (Wildman–Crippen MR) is 254 cm³/mol. The summed E-state index contributed by atoms with van der Waals surface area (Å²) in [6.45, 7) is 6.68. The van der Waals surface area contributed by atoms with Gasteiger partial charge in [0.15, 0.2) is 0 Å². The third-order valence-electron chi connectivity index (χ3n) is 12.4. The molecule has 0 radical (unpaired) electrons. The summed E-state index contributed by atoms with van der Waals surface area (Å²) in [6.07, 6.45) is 12.7. The van der Waals surface area contributed by atoms with Crippen LogP contribution < -0.4 is 14.7 Å². The van der Waals surface area contributed by atoms with Crippen LogP contribution in [0.4, 0.5) is 34.1 Å². The van der Waals surface area contributed by atoms with Crippen molar-refractivity contribution in [2.45, 2.75) is 39.2 Å². The van der Waals surface area contributed by atoms with Gasteiger partial charge in [0.25, 0.3) is 0 Å². The van der Waals surface area contributed by atoms with Crippen molar-refractivity contribution in [2.75, 3.05) is 14.7 Å². The lowest BCUT2D eigenvalue weighted by atomic mass is 9.83. The number of allylic oxidation sites excluding steroid dienone is 6. The lowest BCUT2D eigenvalue weighted by molar-refractivity contribution is 0.661. The zero-order chi connectivity index (χ0) is 40.6. The fourth-order valence-electron chi connectivity index (χ4n) is 9.42. The molecule has 0 bridgehead atoms. The molecule has 7 aromatic rings. The van der Waals surface area contributed by atoms with Crippen LogP contribution in [0.25, 0.3) is 16.7 Å². The van der Waals surface area contributed by atoms with Gasteiger partial charge >= 0.3 is 0 Å². The first-order valence-corrected chi connectivity index (χ1v) is 21.2. The van der Waals surface area contributed by atoms with Gasteiger partial charge in [-0.05, 0) is 133 Å². The molecule has 0 fully saturated rings. The third kappa shape index (κ3) is 6.96. The molecule has 2 aliphatic carbocycles. The number of hydrogen-bond acceptors (Lipinski definition) is 3. The van der Waals surface area contributed by atoms with Gasteiger partial charge in [0.05, 0.1) is 12.0 Å². The van der Waals surface area contributed by atoms with E-state index in [1.165, 1.54) is 67.4 Å². The second kappa shape index (κ2) is 15.9. The monoisotopic (exact) mass is 775 g/mol. The number of rotatable bonds is 9. The Balaban J connectivity index is 1.01. The van der Waals surface area contributed by atoms with Crippen LogP contribution in [0, 0.1) is 19.8 Å². The largest absolute Gasteiger partial charge is 0.333 e. The summed E-state index contributed by atoms with van der Waals surface area (Å²) in [4.78, 5) is 7.47. The van der Waals surface area contributed by atoms with Crippen LogP contribution in [-0.4, -0.2) is 6.04 Å². The maximum atomic E-state index is 2.56. The van der Waals surface area contributed by atoms with Crippen molar-refractivity contribution in [3.63, 3.8) is 0 Å². The molecular weight excluding hydrogens is 727 g/mol. The molecule has 0 saturated heterocycles. The van der Waals surface area contributed by atoms with Crippen molar-refractivity contribution in [2.24, 2.45) is 5.92 Å². The van der Waals surface area contributed by atoms with E-state index in [2.05, 4.69) is 248 Å². The molecule has 0 saturated carbocycles. The third-order valence-corrected chi connectivity index (χ3v) is 12.4. The Hall–Kier alpha value is -7.10. The smallest absolute Gasteiger partial charge is 0.0650 e. The lowest BCUT2D eigenvalue weighted by Gasteiger charge is -2.39. The number of anilines is 6. The van der Waals surface area contributed by atoms with E-state index in [-0.39, 0.29) is 12.0 Å². The molecule has 60 heavy (non-hydrogen) atoms. The number of hydrogen-bond donors (Lipinski definition) is 0. The molecule has 3 unspecified atom stereocenters. The van der Waals surface area contributed by atoms with Gasteiger partial charge in [-0.3, -0.25) is 0 Å². The Morgan fingerprint density at radius 1 is 0.483 bits per heavy atom. The highest BCUT2D eigenvalue weighted by Crippen LogP contribution is 2.53. The second-order valence-electron chi connectivity index (χ2n) is 16.4. The first-order chi connectivity index (χ1) is 29.5. The molecule has 0 spiro atoms. The van der Waals surface area contributed by atoms with Crippen LogP contribution in [0.15, 0.2) is 224 Å². The van der Waals surface area contributed by atoms with Gasteiger partial charge in [-0.15, -0.1) is 0 Å². The Kier molecular flexibility index (Phi) is 9.87. The summed E-state index contributed by atoms with van der Waals surface area (Å²) in [5, 5.41) is 0. The molecule has 3 heteroatoms. The average molecular weight is 776 g/mol. The molecule has 10 rings (SSSR count). The molecule has 1 heterocycles. The summed E-state index contributed by atoms with van der Waals surface area (Å²) >= 11 is 0. The standard InChI is InChI=1S/C57H49N3/c1-40-21-27-46(28-22-40)58(47-31-25-44(26-32-47)43-13-6-4-7-14-43)48-33-35-50(36-34-48)60-54-18-11-10-17-53(54)57-55(19-12-20-56(57)60)59(49-29-23-41(2)24-30-49)51-37-38-52(42(3)39-51)45-15-8-5-9-16-45/h4-38,42,56-57H,39H2,1-3H3. The van der Waals surface area contributed by atoms with E-state index in [0.717, 1.165) is 23.5 Å². The second-order valence-corrected chi connectivity index (χ2v) is 16.4. The molecule has 3 atom stereocenters. The van der Waals surface area contributed by atoms with Crippen molar-refractivity contribution >= 4 is 39.7 Å². The Morgan fingerprint density at radius 3 is 1.62 bits per heavy atom. The maximum absolute atomic E-state index is 2.56. The summed E-state index contributed by atoms with van der Waals surface area (Å²) in [6, 6.07) is 66.5. The zero-order valence-corrected chi connectivity index (χ0v) is 34.5. The van der Waals surface area contributed by atoms with Crippen LogP contribution in [0.5, 0.6) is 0 Å². The normalized spacial score (nSPS) is 17.9. The zero-order valence-electron chi connectivity index (χ0n) is 34.5. The van der Waals surface area contributed by atoms with Gasteiger partial charge in [0.2, 0.25) is 0 Å². The maximum Gasteiger partial charge on any atom is 0.0650 e. The van der Waals surface area contributed by atoms with Crippen molar-refractivity contribution in [3.8, 4) is 11.1 Å². The molecule has 3 aliphatic rings. The van der Waals surface area contributed by atoms with Crippen molar-refractivity contribution in [3.05, 3.63) is 246 Å².